The SMILES string of the molecule is BrC1CCCC2CC2C1Br. The summed E-state index contributed by atoms with van der Waals surface area (Å²) in [6.07, 6.45) is 5.76. The molecule has 0 radical (unpaired) electrons. The number of fused-ring (bicyclic) bond motifs is 1. The van der Waals surface area contributed by atoms with Crippen LogP contribution in [0.3, 0.4) is 0 Å². The van der Waals surface area contributed by atoms with Crippen LogP contribution in [0.4, 0.5) is 0 Å². The number of hydrogen-bond acceptors (Lipinski definition) is 0. The molecule has 2 rings (SSSR count). The number of alkyl halides is 2. The molecule has 0 heterocycles. The van der Waals surface area contributed by atoms with Crippen LogP contribution in [0.2, 0.25) is 0 Å². The highest BCUT2D eigenvalue weighted by Crippen LogP contribution is 2.52. The molecule has 0 saturated heterocycles. The lowest BCUT2D eigenvalue weighted by molar-refractivity contribution is 0.656. The molecule has 0 aliphatic heterocycles. The van der Waals surface area contributed by atoms with Gasteiger partial charge in [-0.05, 0) is 24.7 Å². The summed E-state index contributed by atoms with van der Waals surface area (Å²) in [6.45, 7) is 0. The molecule has 0 aromatic carbocycles. The molecule has 4 unspecified atom stereocenters. The van der Waals surface area contributed by atoms with Crippen molar-refractivity contribution in [3.05, 3.63) is 0 Å². The minimum absolute atomic E-state index is 0.741. The molecule has 0 nitrogen and oxygen atoms in total. The van der Waals surface area contributed by atoms with E-state index < -0.39 is 0 Å². The Kier molecular flexibility index (Phi) is 2.11. The second kappa shape index (κ2) is 2.78. The maximum atomic E-state index is 3.76. The predicted octanol–water partition coefficient (Wildman–Crippen LogP) is 3.33. The van der Waals surface area contributed by atoms with Gasteiger partial charge in [-0.3, -0.25) is 0 Å². The van der Waals surface area contributed by atoms with E-state index in [4.69, 9.17) is 0 Å². The van der Waals surface area contributed by atoms with Gasteiger partial charge in [0.05, 0.1) is 0 Å². The van der Waals surface area contributed by atoms with Gasteiger partial charge in [0, 0.05) is 9.65 Å². The summed E-state index contributed by atoms with van der Waals surface area (Å²) in [5, 5.41) is 0. The molecule has 0 spiro atoms. The minimum Gasteiger partial charge on any atom is -0.0878 e. The summed E-state index contributed by atoms with van der Waals surface area (Å²) in [6, 6.07) is 0. The van der Waals surface area contributed by atoms with Crippen LogP contribution >= 0.6 is 31.9 Å². The van der Waals surface area contributed by atoms with Gasteiger partial charge in [-0.15, -0.1) is 0 Å². The first kappa shape index (κ1) is 7.60. The fourth-order valence-electron chi connectivity index (χ4n) is 2.00. The van der Waals surface area contributed by atoms with E-state index in [-0.39, 0.29) is 0 Å². The molecule has 0 aromatic heterocycles. The van der Waals surface area contributed by atoms with Gasteiger partial charge in [-0.25, -0.2) is 0 Å². The van der Waals surface area contributed by atoms with Crippen molar-refractivity contribution in [3.63, 3.8) is 0 Å². The first-order valence-electron chi connectivity index (χ1n) is 4.07. The summed E-state index contributed by atoms with van der Waals surface area (Å²) < 4.78 is 0. The van der Waals surface area contributed by atoms with Gasteiger partial charge < -0.3 is 0 Å². The van der Waals surface area contributed by atoms with Crippen molar-refractivity contribution in [1.82, 2.24) is 0 Å². The van der Waals surface area contributed by atoms with Crippen LogP contribution in [-0.4, -0.2) is 9.65 Å². The van der Waals surface area contributed by atoms with Crippen molar-refractivity contribution in [2.24, 2.45) is 11.8 Å². The third-order valence-electron chi connectivity index (χ3n) is 2.79. The topological polar surface area (TPSA) is 0 Å². The summed E-state index contributed by atoms with van der Waals surface area (Å²) in [7, 11) is 0. The van der Waals surface area contributed by atoms with Crippen LogP contribution in [-0.2, 0) is 0 Å². The molecule has 2 aliphatic carbocycles. The Labute approximate surface area is 79.0 Å². The van der Waals surface area contributed by atoms with Gasteiger partial charge in [0.25, 0.3) is 0 Å². The second-order valence-corrected chi connectivity index (χ2v) is 5.78. The fraction of sp³-hybridized carbons (Fsp3) is 1.00. The molecule has 0 amide bonds. The highest BCUT2D eigenvalue weighted by molar-refractivity contribution is 9.12. The van der Waals surface area contributed by atoms with Crippen LogP contribution < -0.4 is 0 Å². The van der Waals surface area contributed by atoms with Gasteiger partial charge in [-0.2, -0.15) is 0 Å². The van der Waals surface area contributed by atoms with E-state index in [1.54, 1.807) is 0 Å². The van der Waals surface area contributed by atoms with Crippen LogP contribution in [0.15, 0.2) is 0 Å². The number of hydrogen-bond donors (Lipinski definition) is 0. The zero-order chi connectivity index (χ0) is 7.14. The third kappa shape index (κ3) is 1.29. The summed E-state index contributed by atoms with van der Waals surface area (Å²) in [5.74, 6) is 2.08. The number of halogens is 2. The lowest BCUT2D eigenvalue weighted by Gasteiger charge is -2.12. The third-order valence-corrected chi connectivity index (χ3v) is 5.84. The zero-order valence-electron chi connectivity index (χ0n) is 5.89. The Bertz CT molecular complexity index is 133. The first-order valence-corrected chi connectivity index (χ1v) is 5.90. The fourth-order valence-corrected chi connectivity index (χ4v) is 3.62. The monoisotopic (exact) mass is 266 g/mol. The van der Waals surface area contributed by atoms with E-state index in [1.165, 1.54) is 25.7 Å². The standard InChI is InChI=1S/C8H12Br2/c9-7-3-1-2-5-4-6(5)8(7)10/h5-8H,1-4H2. The maximum absolute atomic E-state index is 3.76. The van der Waals surface area contributed by atoms with Crippen molar-refractivity contribution in [2.75, 3.05) is 0 Å². The Morgan fingerprint density at radius 2 is 1.90 bits per heavy atom. The van der Waals surface area contributed by atoms with Gasteiger partial charge in [0.2, 0.25) is 0 Å². The maximum Gasteiger partial charge on any atom is 0.0302 e. The molecular weight excluding hydrogens is 256 g/mol. The zero-order valence-corrected chi connectivity index (χ0v) is 9.07. The molecule has 4 atom stereocenters. The average molecular weight is 268 g/mol. The molecule has 0 N–H and O–H groups in total. The van der Waals surface area contributed by atoms with E-state index in [0.717, 1.165) is 21.5 Å². The first-order chi connectivity index (χ1) is 4.79. The summed E-state index contributed by atoms with van der Waals surface area (Å²) >= 11 is 7.49. The van der Waals surface area contributed by atoms with Gasteiger partial charge in [0.15, 0.2) is 0 Å². The Hall–Kier alpha value is 0.960. The van der Waals surface area contributed by atoms with Crippen molar-refractivity contribution in [2.45, 2.75) is 35.3 Å². The van der Waals surface area contributed by atoms with E-state index >= 15 is 0 Å². The van der Waals surface area contributed by atoms with Crippen LogP contribution in [0.1, 0.15) is 25.7 Å². The van der Waals surface area contributed by atoms with Crippen molar-refractivity contribution in [1.29, 1.82) is 0 Å². The highest BCUT2D eigenvalue weighted by Gasteiger charge is 2.45. The molecule has 0 bridgehead atoms. The normalized spacial score (nSPS) is 53.4. The Morgan fingerprint density at radius 1 is 1.10 bits per heavy atom. The molecule has 0 aromatic rings. The molecule has 2 saturated carbocycles. The quantitative estimate of drug-likeness (QED) is 0.591. The smallest absolute Gasteiger partial charge is 0.0302 e. The van der Waals surface area contributed by atoms with E-state index in [9.17, 15) is 0 Å². The second-order valence-electron chi connectivity index (χ2n) is 3.55. The summed E-state index contributed by atoms with van der Waals surface area (Å²) in [5.41, 5.74) is 0. The van der Waals surface area contributed by atoms with E-state index in [2.05, 4.69) is 31.9 Å². The highest BCUT2D eigenvalue weighted by atomic mass is 79.9. The Morgan fingerprint density at radius 3 is 2.70 bits per heavy atom. The van der Waals surface area contributed by atoms with Crippen molar-refractivity contribution in [3.8, 4) is 0 Å². The van der Waals surface area contributed by atoms with Gasteiger partial charge in [-0.1, -0.05) is 44.7 Å². The van der Waals surface area contributed by atoms with Gasteiger partial charge in [0.1, 0.15) is 0 Å². The lowest BCUT2D eigenvalue weighted by atomic mass is 10.2. The largest absolute Gasteiger partial charge is 0.0878 e. The Balaban J connectivity index is 2.01. The van der Waals surface area contributed by atoms with E-state index in [1.807, 2.05) is 0 Å². The van der Waals surface area contributed by atoms with Crippen LogP contribution in [0, 0.1) is 11.8 Å². The van der Waals surface area contributed by atoms with Crippen LogP contribution in [0.5, 0.6) is 0 Å². The van der Waals surface area contributed by atoms with Crippen molar-refractivity contribution >= 4 is 31.9 Å². The number of rotatable bonds is 0. The molecular formula is C8H12Br2. The molecule has 2 aliphatic rings. The molecule has 2 heteroatoms. The van der Waals surface area contributed by atoms with E-state index in [0.29, 0.717) is 0 Å². The minimum atomic E-state index is 0.741. The summed E-state index contributed by atoms with van der Waals surface area (Å²) in [4.78, 5) is 1.50. The van der Waals surface area contributed by atoms with Gasteiger partial charge >= 0.3 is 0 Å². The molecule has 2 fully saturated rings. The predicted molar refractivity (Wildman–Crippen MR) is 50.9 cm³/mol. The van der Waals surface area contributed by atoms with Crippen LogP contribution in [0.25, 0.3) is 0 Å². The molecule has 10 heavy (non-hydrogen) atoms. The molecule has 58 valence electrons. The average Bonchev–Trinajstić information content (AvgIpc) is 2.64. The lowest BCUT2D eigenvalue weighted by Crippen LogP contribution is -2.14. The van der Waals surface area contributed by atoms with Crippen molar-refractivity contribution < 1.29 is 0 Å².